The molecule has 1 aliphatic heterocycles. The highest BCUT2D eigenvalue weighted by molar-refractivity contribution is 6.33. The Bertz CT molecular complexity index is 443. The normalized spacial score (nSPS) is 19.6. The van der Waals surface area contributed by atoms with E-state index in [1.165, 1.54) is 6.42 Å². The fourth-order valence-corrected chi connectivity index (χ4v) is 2.36. The molecule has 1 aliphatic rings. The molecule has 4 nitrogen and oxygen atoms in total. The SMILES string of the molecule is COc1ccc(Cl)c(NC(=O)C2CCCCCN2)c1. The molecule has 0 aliphatic carbocycles. The van der Waals surface area contributed by atoms with Crippen LogP contribution in [0.1, 0.15) is 25.7 Å². The molecule has 1 unspecified atom stereocenters. The summed E-state index contributed by atoms with van der Waals surface area (Å²) in [6, 6.07) is 5.08. The van der Waals surface area contributed by atoms with Gasteiger partial charge in [0.25, 0.3) is 0 Å². The van der Waals surface area contributed by atoms with E-state index in [1.54, 1.807) is 25.3 Å². The molecule has 1 atom stereocenters. The number of carbonyl (C=O) groups is 1. The van der Waals surface area contributed by atoms with Crippen molar-refractivity contribution in [2.75, 3.05) is 19.0 Å². The van der Waals surface area contributed by atoms with E-state index in [9.17, 15) is 4.79 Å². The van der Waals surface area contributed by atoms with Gasteiger partial charge in [-0.2, -0.15) is 0 Å². The molecule has 1 amide bonds. The van der Waals surface area contributed by atoms with Gasteiger partial charge >= 0.3 is 0 Å². The lowest BCUT2D eigenvalue weighted by Crippen LogP contribution is -2.39. The minimum atomic E-state index is -0.134. The number of carbonyl (C=O) groups excluding carboxylic acids is 1. The summed E-state index contributed by atoms with van der Waals surface area (Å²) >= 11 is 6.08. The van der Waals surface area contributed by atoms with Crippen molar-refractivity contribution in [2.24, 2.45) is 0 Å². The van der Waals surface area contributed by atoms with E-state index in [2.05, 4.69) is 10.6 Å². The zero-order valence-corrected chi connectivity index (χ0v) is 11.8. The Morgan fingerprint density at radius 3 is 3.05 bits per heavy atom. The van der Waals surface area contributed by atoms with E-state index in [0.29, 0.717) is 16.5 Å². The number of ether oxygens (including phenoxy) is 1. The first kappa shape index (κ1) is 14.2. The van der Waals surface area contributed by atoms with Gasteiger partial charge < -0.3 is 15.4 Å². The third kappa shape index (κ3) is 3.85. The van der Waals surface area contributed by atoms with Crippen molar-refractivity contribution in [2.45, 2.75) is 31.7 Å². The molecule has 1 aromatic carbocycles. The van der Waals surface area contributed by atoms with E-state index < -0.39 is 0 Å². The molecule has 2 rings (SSSR count). The first-order valence-corrected chi connectivity index (χ1v) is 6.96. The highest BCUT2D eigenvalue weighted by Gasteiger charge is 2.20. The van der Waals surface area contributed by atoms with Crippen molar-refractivity contribution in [1.29, 1.82) is 0 Å². The molecular formula is C14H19ClN2O2. The number of benzene rings is 1. The van der Waals surface area contributed by atoms with Crippen LogP contribution in [0.25, 0.3) is 0 Å². The monoisotopic (exact) mass is 282 g/mol. The van der Waals surface area contributed by atoms with Gasteiger partial charge in [-0.05, 0) is 31.5 Å². The summed E-state index contributed by atoms with van der Waals surface area (Å²) in [5.74, 6) is 0.644. The molecule has 1 aromatic rings. The lowest BCUT2D eigenvalue weighted by Gasteiger charge is -2.16. The third-order valence-electron chi connectivity index (χ3n) is 3.31. The highest BCUT2D eigenvalue weighted by Crippen LogP contribution is 2.27. The molecule has 0 radical (unpaired) electrons. The maximum atomic E-state index is 12.2. The quantitative estimate of drug-likeness (QED) is 0.896. The van der Waals surface area contributed by atoms with Crippen LogP contribution in [0.4, 0.5) is 5.69 Å². The van der Waals surface area contributed by atoms with Crippen LogP contribution in [0.2, 0.25) is 5.02 Å². The van der Waals surface area contributed by atoms with E-state index in [4.69, 9.17) is 16.3 Å². The van der Waals surface area contributed by atoms with Gasteiger partial charge in [-0.3, -0.25) is 4.79 Å². The Hall–Kier alpha value is -1.26. The van der Waals surface area contributed by atoms with Crippen molar-refractivity contribution in [3.63, 3.8) is 0 Å². The average Bonchev–Trinajstić information content (AvgIpc) is 2.70. The summed E-state index contributed by atoms with van der Waals surface area (Å²) in [7, 11) is 1.59. The first-order chi connectivity index (χ1) is 9.20. The number of nitrogens with one attached hydrogen (secondary N) is 2. The van der Waals surface area contributed by atoms with Crippen LogP contribution < -0.4 is 15.4 Å². The summed E-state index contributed by atoms with van der Waals surface area (Å²) in [5, 5.41) is 6.65. The zero-order valence-electron chi connectivity index (χ0n) is 11.0. The molecule has 2 N–H and O–H groups in total. The van der Waals surface area contributed by atoms with Gasteiger partial charge in [-0.25, -0.2) is 0 Å². The lowest BCUT2D eigenvalue weighted by atomic mass is 10.1. The molecule has 0 aromatic heterocycles. The van der Waals surface area contributed by atoms with Crippen LogP contribution in [0.3, 0.4) is 0 Å². The number of amides is 1. The van der Waals surface area contributed by atoms with Crippen LogP contribution in [0, 0.1) is 0 Å². The fourth-order valence-electron chi connectivity index (χ4n) is 2.20. The van der Waals surface area contributed by atoms with E-state index >= 15 is 0 Å². The predicted molar refractivity (Wildman–Crippen MR) is 76.9 cm³/mol. The Balaban J connectivity index is 2.05. The van der Waals surface area contributed by atoms with Crippen LogP contribution in [-0.4, -0.2) is 25.6 Å². The van der Waals surface area contributed by atoms with E-state index in [1.807, 2.05) is 0 Å². The van der Waals surface area contributed by atoms with Crippen molar-refractivity contribution >= 4 is 23.2 Å². The Morgan fingerprint density at radius 1 is 1.42 bits per heavy atom. The highest BCUT2D eigenvalue weighted by atomic mass is 35.5. The maximum Gasteiger partial charge on any atom is 0.241 e. The minimum Gasteiger partial charge on any atom is -0.497 e. The van der Waals surface area contributed by atoms with Crippen molar-refractivity contribution < 1.29 is 9.53 Å². The summed E-state index contributed by atoms with van der Waals surface area (Å²) < 4.78 is 5.13. The summed E-state index contributed by atoms with van der Waals surface area (Å²) in [5.41, 5.74) is 0.595. The van der Waals surface area contributed by atoms with E-state index in [0.717, 1.165) is 25.8 Å². The van der Waals surface area contributed by atoms with Gasteiger partial charge in [0.2, 0.25) is 5.91 Å². The van der Waals surface area contributed by atoms with Gasteiger partial charge in [-0.1, -0.05) is 24.4 Å². The van der Waals surface area contributed by atoms with Gasteiger partial charge in [0.15, 0.2) is 0 Å². The number of hydrogen-bond acceptors (Lipinski definition) is 3. The fraction of sp³-hybridized carbons (Fsp3) is 0.500. The average molecular weight is 283 g/mol. The first-order valence-electron chi connectivity index (χ1n) is 6.58. The van der Waals surface area contributed by atoms with Crippen molar-refractivity contribution in [1.82, 2.24) is 5.32 Å². The standard InChI is InChI=1S/C14H19ClN2O2/c1-19-10-6-7-11(15)13(9-10)17-14(18)12-5-3-2-4-8-16-12/h6-7,9,12,16H,2-5,8H2,1H3,(H,17,18). The Kier molecular flexibility index (Phi) is 5.05. The number of halogens is 1. The molecule has 1 saturated heterocycles. The lowest BCUT2D eigenvalue weighted by molar-refractivity contribution is -0.118. The number of anilines is 1. The zero-order chi connectivity index (χ0) is 13.7. The molecule has 1 fully saturated rings. The van der Waals surface area contributed by atoms with Gasteiger partial charge in [0.1, 0.15) is 5.75 Å². The van der Waals surface area contributed by atoms with Gasteiger partial charge in [-0.15, -0.1) is 0 Å². The van der Waals surface area contributed by atoms with Crippen LogP contribution in [0.5, 0.6) is 5.75 Å². The van der Waals surface area contributed by atoms with Crippen molar-refractivity contribution in [3.05, 3.63) is 23.2 Å². The minimum absolute atomic E-state index is 0.0305. The topological polar surface area (TPSA) is 50.4 Å². The van der Waals surface area contributed by atoms with Crippen LogP contribution in [-0.2, 0) is 4.79 Å². The van der Waals surface area contributed by atoms with Crippen LogP contribution >= 0.6 is 11.6 Å². The summed E-state index contributed by atoms with van der Waals surface area (Å²) in [4.78, 5) is 12.2. The Morgan fingerprint density at radius 2 is 2.26 bits per heavy atom. The molecule has 0 bridgehead atoms. The van der Waals surface area contributed by atoms with E-state index in [-0.39, 0.29) is 11.9 Å². The second-order valence-corrected chi connectivity index (χ2v) is 5.10. The molecule has 0 spiro atoms. The smallest absolute Gasteiger partial charge is 0.241 e. The molecular weight excluding hydrogens is 264 g/mol. The van der Waals surface area contributed by atoms with Gasteiger partial charge in [0.05, 0.1) is 23.9 Å². The van der Waals surface area contributed by atoms with Crippen LogP contribution in [0.15, 0.2) is 18.2 Å². The second-order valence-electron chi connectivity index (χ2n) is 4.69. The second kappa shape index (κ2) is 6.78. The summed E-state index contributed by atoms with van der Waals surface area (Å²) in [6.07, 6.45) is 4.25. The molecule has 5 heteroatoms. The maximum absolute atomic E-state index is 12.2. The molecule has 104 valence electrons. The molecule has 1 heterocycles. The number of hydrogen-bond donors (Lipinski definition) is 2. The summed E-state index contributed by atoms with van der Waals surface area (Å²) in [6.45, 7) is 0.893. The van der Waals surface area contributed by atoms with Gasteiger partial charge in [0, 0.05) is 6.07 Å². The number of rotatable bonds is 3. The van der Waals surface area contributed by atoms with Crippen molar-refractivity contribution in [3.8, 4) is 5.75 Å². The molecule has 19 heavy (non-hydrogen) atoms. The Labute approximate surface area is 118 Å². The predicted octanol–water partition coefficient (Wildman–Crippen LogP) is 2.82. The largest absolute Gasteiger partial charge is 0.497 e. The third-order valence-corrected chi connectivity index (χ3v) is 3.64. The number of methoxy groups -OCH3 is 1. The molecule has 0 saturated carbocycles.